The molecule has 0 N–H and O–H groups in total. The van der Waals surface area contributed by atoms with Gasteiger partial charge in [-0.15, -0.1) is 0 Å². The molecule has 0 amide bonds. The van der Waals surface area contributed by atoms with Crippen LogP contribution in [0.15, 0.2) is 0 Å². The van der Waals surface area contributed by atoms with Crippen LogP contribution in [-0.2, 0) is 82.4 Å². The van der Waals surface area contributed by atoms with Crippen LogP contribution in [0.25, 0.3) is 0 Å². The van der Waals surface area contributed by atoms with Gasteiger partial charge >= 0.3 is 0 Å². The zero-order valence-electron chi connectivity index (χ0n) is 1.79. The fourth-order valence-corrected chi connectivity index (χ4v) is 0. The Kier molecular flexibility index (Phi) is 226. The van der Waals surface area contributed by atoms with Gasteiger partial charge in [-0.1, -0.05) is 0 Å². The van der Waals surface area contributed by atoms with Gasteiger partial charge in [0, 0.05) is 82.4 Å². The van der Waals surface area contributed by atoms with Crippen LogP contribution in [0.3, 0.4) is 0 Å². The maximum absolute atomic E-state index is 0. The zero-order valence-corrected chi connectivity index (χ0v) is 8.26. The van der Waals surface area contributed by atoms with E-state index < -0.39 is 0 Å². The monoisotopic (exact) mass is 275 g/mol. The van der Waals surface area contributed by atoms with E-state index in [2.05, 4.69) is 0 Å². The summed E-state index contributed by atoms with van der Waals surface area (Å²) in [5.74, 6) is 0. The molecule has 0 fully saturated rings. The second-order valence-corrected chi connectivity index (χ2v) is 0. The average molecular weight is 276 g/mol. The van der Waals surface area contributed by atoms with Gasteiger partial charge in [-0.3, -0.25) is 0 Å². The Balaban J connectivity index is 0. The summed E-state index contributed by atoms with van der Waals surface area (Å²) in [5.41, 5.74) is 0. The van der Waals surface area contributed by atoms with Crippen molar-refractivity contribution in [3.63, 3.8) is 0 Å². The van der Waals surface area contributed by atoms with Gasteiger partial charge in [0.1, 0.15) is 0 Å². The summed E-state index contributed by atoms with van der Waals surface area (Å²) in [4.78, 5) is 0. The molecule has 0 heterocycles. The minimum atomic E-state index is 0. The Morgan fingerprint density at radius 3 is 1.00 bits per heavy atom. The predicted octanol–water partition coefficient (Wildman–Crippen LogP) is -1.19. The maximum Gasteiger partial charge on any atom is 0.187 e. The van der Waals surface area contributed by atoms with Crippen molar-refractivity contribution in [2.45, 2.75) is 0 Å². The fourth-order valence-electron chi connectivity index (χ4n) is 0. The Bertz CT molecular complexity index is 11.6. The van der Waals surface area contributed by atoms with Gasteiger partial charge in [-0.2, -0.15) is 0 Å². The van der Waals surface area contributed by atoms with Crippen LogP contribution in [0.4, 0.5) is 0 Å². The first kappa shape index (κ1) is 41.7. The first-order valence-electron chi connectivity index (χ1n) is 0. The molecule has 0 nitrogen and oxygen atoms in total. The first-order valence-corrected chi connectivity index (χ1v) is 0. The summed E-state index contributed by atoms with van der Waals surface area (Å²) in [6.07, 6.45) is 0. The fraction of sp³-hybridized carbons (Fsp3) is 0. The Morgan fingerprint density at radius 1 is 1.00 bits per heavy atom. The topological polar surface area (TPSA) is 0 Å². The van der Waals surface area contributed by atoms with Crippen molar-refractivity contribution in [1.82, 2.24) is 0 Å². The van der Waals surface area contributed by atoms with Crippen molar-refractivity contribution >= 4 is 17.4 Å². The van der Waals surface area contributed by atoms with Gasteiger partial charge in [-0.05, 0) is 0 Å². The molecule has 0 aliphatic carbocycles. The molecule has 0 bridgehead atoms. The summed E-state index contributed by atoms with van der Waals surface area (Å²) in [6.45, 7) is 0. The molecular formula is H3AlCrMnTiZr. The van der Waals surface area contributed by atoms with Gasteiger partial charge in [0.2, 0.25) is 0 Å². The van der Waals surface area contributed by atoms with E-state index in [4.69, 9.17) is 0 Å². The Labute approximate surface area is 98.0 Å². The average Bonchev–Trinajstić information content (AvgIpc) is 0. The maximum atomic E-state index is 0. The van der Waals surface area contributed by atoms with E-state index in [1.807, 2.05) is 0 Å². The molecule has 0 atom stereocenters. The molecule has 5 heteroatoms. The molecule has 0 saturated carbocycles. The second-order valence-electron chi connectivity index (χ2n) is 0. The summed E-state index contributed by atoms with van der Waals surface area (Å²) in [7, 11) is 0. The van der Waals surface area contributed by atoms with Crippen LogP contribution in [0.1, 0.15) is 0 Å². The third-order valence-corrected chi connectivity index (χ3v) is 0. The molecule has 0 unspecified atom stereocenters. The molecule has 5 heavy (non-hydrogen) atoms. The molecule has 0 aromatic rings. The number of hydrogen-bond acceptors (Lipinski definition) is 0. The van der Waals surface area contributed by atoms with Crippen molar-refractivity contribution in [1.29, 1.82) is 0 Å². The van der Waals surface area contributed by atoms with E-state index in [9.17, 15) is 0 Å². The molecular weight excluding hydrogens is 273 g/mol. The second kappa shape index (κ2) is 27.1. The molecule has 0 rings (SSSR count). The van der Waals surface area contributed by atoms with Gasteiger partial charge in [0.15, 0.2) is 17.4 Å². The van der Waals surface area contributed by atoms with Gasteiger partial charge in [0.05, 0.1) is 0 Å². The Hall–Kier alpha value is 3.18. The van der Waals surface area contributed by atoms with Crippen molar-refractivity contribution < 1.29 is 82.4 Å². The largest absolute Gasteiger partial charge is 0.187 e. The summed E-state index contributed by atoms with van der Waals surface area (Å²) in [6, 6.07) is 0. The van der Waals surface area contributed by atoms with Crippen molar-refractivity contribution in [3.05, 3.63) is 0 Å². The van der Waals surface area contributed by atoms with Crippen LogP contribution in [-0.4, -0.2) is 17.4 Å². The van der Waals surface area contributed by atoms with Crippen molar-refractivity contribution in [2.24, 2.45) is 0 Å². The molecule has 0 aliphatic heterocycles. The van der Waals surface area contributed by atoms with Crippen LogP contribution < -0.4 is 0 Å². The molecule has 0 aromatic carbocycles. The third kappa shape index (κ3) is 19.0. The molecule has 1 radical (unpaired) electrons. The van der Waals surface area contributed by atoms with Crippen molar-refractivity contribution in [2.75, 3.05) is 0 Å². The Morgan fingerprint density at radius 2 is 1.00 bits per heavy atom. The minimum absolute atomic E-state index is 0. The van der Waals surface area contributed by atoms with Crippen LogP contribution in [0.5, 0.6) is 0 Å². The number of rotatable bonds is 0. The van der Waals surface area contributed by atoms with Crippen LogP contribution >= 0.6 is 0 Å². The van der Waals surface area contributed by atoms with E-state index >= 15 is 0 Å². The van der Waals surface area contributed by atoms with Gasteiger partial charge < -0.3 is 0 Å². The van der Waals surface area contributed by atoms with E-state index in [0.717, 1.165) is 0 Å². The van der Waals surface area contributed by atoms with E-state index in [1.54, 1.807) is 0 Å². The smallest absolute Gasteiger partial charge is 0 e. The first-order chi connectivity index (χ1) is 0. The minimum Gasteiger partial charge on any atom is 0 e. The molecule has 0 aromatic heterocycles. The van der Waals surface area contributed by atoms with Gasteiger partial charge in [-0.25, -0.2) is 0 Å². The normalized spacial score (nSPS) is 0. The quantitative estimate of drug-likeness (QED) is 0.488. The van der Waals surface area contributed by atoms with Crippen LogP contribution in [0, 0.1) is 0 Å². The van der Waals surface area contributed by atoms with Crippen molar-refractivity contribution in [3.8, 4) is 0 Å². The van der Waals surface area contributed by atoms with Crippen LogP contribution in [0.2, 0.25) is 0 Å². The SMILES string of the molecule is [AlH3].[Cr].[Mn].[Ti].[Zr]. The third-order valence-electron chi connectivity index (χ3n) is 0. The predicted molar refractivity (Wildman–Crippen MR) is 9.94 cm³/mol. The molecule has 0 aliphatic rings. The van der Waals surface area contributed by atoms with E-state index in [1.165, 1.54) is 0 Å². The number of hydrogen-bond donors (Lipinski definition) is 0. The van der Waals surface area contributed by atoms with Gasteiger partial charge in [0.25, 0.3) is 0 Å². The standard InChI is InChI=1S/Al.Cr.Mn.Ti.Zr.3H. The summed E-state index contributed by atoms with van der Waals surface area (Å²) in [5, 5.41) is 0. The summed E-state index contributed by atoms with van der Waals surface area (Å²) >= 11 is 0. The molecule has 0 spiro atoms. The molecule has 0 saturated heterocycles. The zero-order chi connectivity index (χ0) is 0. The van der Waals surface area contributed by atoms with E-state index in [0.29, 0.717) is 0 Å². The summed E-state index contributed by atoms with van der Waals surface area (Å²) < 4.78 is 0. The van der Waals surface area contributed by atoms with E-state index in [-0.39, 0.29) is 99.7 Å². The molecule has 27 valence electrons.